The molecule has 0 radical (unpaired) electrons. The zero-order valence-corrected chi connectivity index (χ0v) is 17.7. The summed E-state index contributed by atoms with van der Waals surface area (Å²) in [5, 5.41) is 5.56. The summed E-state index contributed by atoms with van der Waals surface area (Å²) in [6.45, 7) is 7.46. The van der Waals surface area contributed by atoms with E-state index in [4.69, 9.17) is 4.74 Å². The van der Waals surface area contributed by atoms with E-state index in [0.717, 1.165) is 41.1 Å². The number of likely N-dealkylation sites (N-methyl/N-ethyl adjacent to an activating group) is 1. The normalized spacial score (nSPS) is 10.7. The Morgan fingerprint density at radius 3 is 2.31 bits per heavy atom. The first kappa shape index (κ1) is 22.4. The van der Waals surface area contributed by atoms with Crippen LogP contribution in [0.5, 0.6) is 5.75 Å². The van der Waals surface area contributed by atoms with Crippen LogP contribution in [-0.4, -0.2) is 50.0 Å². The zero-order chi connectivity index (χ0) is 21.2. The number of anilines is 1. The summed E-state index contributed by atoms with van der Waals surface area (Å²) >= 11 is 0. The van der Waals surface area contributed by atoms with Crippen LogP contribution in [0.2, 0.25) is 0 Å². The molecule has 0 aliphatic carbocycles. The number of nitrogens with one attached hydrogen (secondary N) is 2. The lowest BCUT2D eigenvalue weighted by Gasteiger charge is -2.17. The van der Waals surface area contributed by atoms with E-state index in [1.807, 2.05) is 75.2 Å². The molecule has 0 aliphatic heterocycles. The number of para-hydroxylation sites is 1. The molecule has 0 bridgehead atoms. The Morgan fingerprint density at radius 2 is 1.66 bits per heavy atom. The van der Waals surface area contributed by atoms with Crippen molar-refractivity contribution in [3.05, 3.63) is 59.2 Å². The first-order chi connectivity index (χ1) is 13.8. The first-order valence-corrected chi connectivity index (χ1v) is 9.86. The van der Waals surface area contributed by atoms with Gasteiger partial charge in [0.2, 0.25) is 11.8 Å². The largest absolute Gasteiger partial charge is 0.494 e. The lowest BCUT2D eigenvalue weighted by molar-refractivity contribution is -0.124. The lowest BCUT2D eigenvalue weighted by atomic mass is 10.1. The van der Waals surface area contributed by atoms with Crippen LogP contribution in [0.3, 0.4) is 0 Å². The van der Waals surface area contributed by atoms with E-state index in [1.54, 1.807) is 0 Å². The fourth-order valence-corrected chi connectivity index (χ4v) is 3.16. The Kier molecular flexibility index (Phi) is 8.68. The molecule has 2 amide bonds. The zero-order valence-electron chi connectivity index (χ0n) is 17.7. The molecule has 0 heterocycles. The van der Waals surface area contributed by atoms with Crippen molar-refractivity contribution >= 4 is 17.5 Å². The lowest BCUT2D eigenvalue weighted by Crippen LogP contribution is -2.39. The number of ether oxygens (including phenoxy) is 1. The monoisotopic (exact) mass is 397 g/mol. The minimum Gasteiger partial charge on any atom is -0.494 e. The van der Waals surface area contributed by atoms with E-state index in [-0.39, 0.29) is 24.9 Å². The summed E-state index contributed by atoms with van der Waals surface area (Å²) < 4.78 is 5.64. The van der Waals surface area contributed by atoms with Gasteiger partial charge in [0.1, 0.15) is 5.75 Å². The van der Waals surface area contributed by atoms with Gasteiger partial charge in [-0.1, -0.05) is 35.9 Å². The molecular weight excluding hydrogens is 366 g/mol. The first-order valence-electron chi connectivity index (χ1n) is 9.86. The molecule has 0 saturated heterocycles. The highest BCUT2D eigenvalue weighted by Crippen LogP contribution is 2.21. The Hall–Kier alpha value is -2.86. The standard InChI is InChI=1S/C23H31N3O3/c1-17-13-18(2)23(19(3)14-17)25-21(27)15-24-22(28)16-26(4)11-8-12-29-20-9-6-5-7-10-20/h5-7,9-10,13-14H,8,11-12,15-16H2,1-4H3,(H,24,28)(H,25,27). The van der Waals surface area contributed by atoms with Crippen molar-refractivity contribution in [2.45, 2.75) is 27.2 Å². The number of benzene rings is 2. The van der Waals surface area contributed by atoms with E-state index < -0.39 is 0 Å². The summed E-state index contributed by atoms with van der Waals surface area (Å²) in [4.78, 5) is 26.2. The molecule has 0 unspecified atom stereocenters. The minimum absolute atomic E-state index is 0.0451. The number of rotatable bonds is 10. The predicted molar refractivity (Wildman–Crippen MR) is 116 cm³/mol. The summed E-state index contributed by atoms with van der Waals surface area (Å²) in [6, 6.07) is 13.7. The molecule has 2 N–H and O–H groups in total. The molecule has 29 heavy (non-hydrogen) atoms. The van der Waals surface area contributed by atoms with Gasteiger partial charge in [0.25, 0.3) is 0 Å². The van der Waals surface area contributed by atoms with Crippen LogP contribution in [-0.2, 0) is 9.59 Å². The van der Waals surface area contributed by atoms with Crippen molar-refractivity contribution < 1.29 is 14.3 Å². The molecule has 2 aromatic carbocycles. The maximum absolute atomic E-state index is 12.2. The van der Waals surface area contributed by atoms with Gasteiger partial charge < -0.3 is 15.4 Å². The SMILES string of the molecule is Cc1cc(C)c(NC(=O)CNC(=O)CN(C)CCCOc2ccccc2)c(C)c1. The Bertz CT molecular complexity index is 798. The molecule has 0 fully saturated rings. The van der Waals surface area contributed by atoms with Gasteiger partial charge in [-0.05, 0) is 57.5 Å². The van der Waals surface area contributed by atoms with Crippen LogP contribution in [0.4, 0.5) is 5.69 Å². The Labute approximate surface area is 173 Å². The topological polar surface area (TPSA) is 70.7 Å². The number of aryl methyl sites for hydroxylation is 3. The number of carbonyl (C=O) groups is 2. The summed E-state index contributed by atoms with van der Waals surface area (Å²) in [6.07, 6.45) is 0.811. The third kappa shape index (κ3) is 7.95. The highest BCUT2D eigenvalue weighted by atomic mass is 16.5. The highest BCUT2D eigenvalue weighted by Gasteiger charge is 2.11. The number of nitrogens with zero attached hydrogens (tertiary/aromatic N) is 1. The molecule has 0 aromatic heterocycles. The molecule has 6 heteroatoms. The third-order valence-corrected chi connectivity index (χ3v) is 4.50. The van der Waals surface area contributed by atoms with Gasteiger partial charge in [-0.3, -0.25) is 14.5 Å². The molecule has 0 atom stereocenters. The molecule has 2 aromatic rings. The van der Waals surface area contributed by atoms with Gasteiger partial charge in [0.15, 0.2) is 0 Å². The van der Waals surface area contributed by atoms with Crippen molar-refractivity contribution in [3.8, 4) is 5.75 Å². The second-order valence-corrected chi connectivity index (χ2v) is 7.35. The molecule has 0 saturated carbocycles. The fraction of sp³-hybridized carbons (Fsp3) is 0.391. The van der Waals surface area contributed by atoms with E-state index in [0.29, 0.717) is 6.61 Å². The second-order valence-electron chi connectivity index (χ2n) is 7.35. The van der Waals surface area contributed by atoms with Gasteiger partial charge in [-0.2, -0.15) is 0 Å². The van der Waals surface area contributed by atoms with Crippen LogP contribution >= 0.6 is 0 Å². The van der Waals surface area contributed by atoms with Crippen molar-refractivity contribution in [1.82, 2.24) is 10.2 Å². The van der Waals surface area contributed by atoms with E-state index >= 15 is 0 Å². The van der Waals surface area contributed by atoms with Crippen molar-refractivity contribution in [2.24, 2.45) is 0 Å². The van der Waals surface area contributed by atoms with Crippen LogP contribution < -0.4 is 15.4 Å². The van der Waals surface area contributed by atoms with Gasteiger partial charge in [-0.15, -0.1) is 0 Å². The Balaban J connectivity index is 1.65. The molecule has 156 valence electrons. The van der Waals surface area contributed by atoms with Crippen molar-refractivity contribution in [2.75, 3.05) is 38.6 Å². The highest BCUT2D eigenvalue weighted by molar-refractivity contribution is 5.96. The second kappa shape index (κ2) is 11.2. The smallest absolute Gasteiger partial charge is 0.243 e. The van der Waals surface area contributed by atoms with Crippen LogP contribution in [0.1, 0.15) is 23.1 Å². The van der Waals surface area contributed by atoms with Crippen LogP contribution in [0, 0.1) is 20.8 Å². The number of hydrogen-bond donors (Lipinski definition) is 2. The Morgan fingerprint density at radius 1 is 1.00 bits per heavy atom. The predicted octanol–water partition coefficient (Wildman–Crippen LogP) is 3.07. The average molecular weight is 398 g/mol. The average Bonchev–Trinajstić information content (AvgIpc) is 2.67. The number of carbonyl (C=O) groups excluding carboxylic acids is 2. The van der Waals surface area contributed by atoms with E-state index in [2.05, 4.69) is 10.6 Å². The van der Waals surface area contributed by atoms with E-state index in [9.17, 15) is 9.59 Å². The summed E-state index contributed by atoms with van der Waals surface area (Å²) in [7, 11) is 1.88. The quantitative estimate of drug-likeness (QED) is 0.605. The number of amides is 2. The molecule has 6 nitrogen and oxygen atoms in total. The van der Waals surface area contributed by atoms with Crippen LogP contribution in [0.15, 0.2) is 42.5 Å². The molecule has 0 spiro atoms. The number of hydrogen-bond acceptors (Lipinski definition) is 4. The maximum atomic E-state index is 12.2. The van der Waals surface area contributed by atoms with E-state index in [1.165, 1.54) is 0 Å². The third-order valence-electron chi connectivity index (χ3n) is 4.50. The summed E-state index contributed by atoms with van der Waals surface area (Å²) in [5.41, 5.74) is 3.99. The van der Waals surface area contributed by atoms with Gasteiger partial charge in [-0.25, -0.2) is 0 Å². The molecule has 2 rings (SSSR count). The van der Waals surface area contributed by atoms with Gasteiger partial charge in [0, 0.05) is 12.2 Å². The van der Waals surface area contributed by atoms with Crippen molar-refractivity contribution in [1.29, 1.82) is 0 Å². The van der Waals surface area contributed by atoms with Crippen molar-refractivity contribution in [3.63, 3.8) is 0 Å². The maximum Gasteiger partial charge on any atom is 0.243 e. The fourth-order valence-electron chi connectivity index (χ4n) is 3.16. The van der Waals surface area contributed by atoms with Gasteiger partial charge >= 0.3 is 0 Å². The molecule has 0 aliphatic rings. The minimum atomic E-state index is -0.229. The summed E-state index contributed by atoms with van der Waals surface area (Å²) in [5.74, 6) is 0.439. The molecular formula is C23H31N3O3. The van der Waals surface area contributed by atoms with Crippen LogP contribution in [0.25, 0.3) is 0 Å². The van der Waals surface area contributed by atoms with Gasteiger partial charge in [0.05, 0.1) is 19.7 Å².